The van der Waals surface area contributed by atoms with Crippen LogP contribution in [0, 0.1) is 10.1 Å². The second kappa shape index (κ2) is 8.07. The van der Waals surface area contributed by atoms with Crippen molar-refractivity contribution in [3.63, 3.8) is 0 Å². The third kappa shape index (κ3) is 4.53. The lowest BCUT2D eigenvalue weighted by Crippen LogP contribution is -2.17. The van der Waals surface area contributed by atoms with Gasteiger partial charge in [-0.25, -0.2) is 5.43 Å². The summed E-state index contributed by atoms with van der Waals surface area (Å²) >= 11 is 5.76. The number of nitrogens with one attached hydrogen (secondary N) is 1. The number of rotatable bonds is 6. The third-order valence-corrected chi connectivity index (χ3v) is 3.23. The van der Waals surface area contributed by atoms with Gasteiger partial charge in [0.1, 0.15) is 5.75 Å². The van der Waals surface area contributed by atoms with E-state index in [1.165, 1.54) is 24.4 Å². The summed E-state index contributed by atoms with van der Waals surface area (Å²) in [5.41, 5.74) is 3.03. The van der Waals surface area contributed by atoms with Gasteiger partial charge in [-0.3, -0.25) is 14.9 Å². The van der Waals surface area contributed by atoms with Crippen LogP contribution >= 0.6 is 11.6 Å². The molecule has 2 aromatic carbocycles. The van der Waals surface area contributed by atoms with Crippen LogP contribution in [-0.4, -0.2) is 23.7 Å². The first-order valence-electron chi connectivity index (χ1n) is 7.01. The van der Waals surface area contributed by atoms with Crippen molar-refractivity contribution in [1.29, 1.82) is 0 Å². The Hall–Kier alpha value is -2.93. The Morgan fingerprint density at radius 2 is 2.04 bits per heavy atom. The molecular weight excluding hydrogens is 334 g/mol. The Labute approximate surface area is 143 Å². The van der Waals surface area contributed by atoms with Crippen LogP contribution in [0.15, 0.2) is 47.6 Å². The molecule has 1 N–H and O–H groups in total. The minimum atomic E-state index is -0.515. The van der Waals surface area contributed by atoms with Gasteiger partial charge >= 0.3 is 0 Å². The highest BCUT2D eigenvalue weighted by Crippen LogP contribution is 2.22. The molecule has 0 aromatic heterocycles. The number of hydrogen-bond donors (Lipinski definition) is 1. The molecule has 0 unspecified atom stereocenters. The van der Waals surface area contributed by atoms with Crippen LogP contribution in [0.1, 0.15) is 22.8 Å². The molecule has 7 nitrogen and oxygen atoms in total. The van der Waals surface area contributed by atoms with Gasteiger partial charge in [0.2, 0.25) is 0 Å². The molecule has 0 aliphatic carbocycles. The maximum Gasteiger partial charge on any atom is 0.271 e. The standard InChI is InChI=1S/C16H14ClN3O4/c1-2-24-15-8-7-14(20(22)23)9-12(15)10-18-19-16(21)11-3-5-13(17)6-4-11/h3-10H,2H2,1H3,(H,19,21)/b18-10-. The number of amides is 1. The minimum absolute atomic E-state index is 0.0936. The van der Waals surface area contributed by atoms with Crippen molar-refractivity contribution in [3.05, 3.63) is 68.7 Å². The summed E-state index contributed by atoms with van der Waals surface area (Å²) in [7, 11) is 0. The van der Waals surface area contributed by atoms with Crippen LogP contribution in [0.3, 0.4) is 0 Å². The van der Waals surface area contributed by atoms with Gasteiger partial charge in [0.15, 0.2) is 0 Å². The molecule has 2 aromatic rings. The average Bonchev–Trinajstić information content (AvgIpc) is 2.56. The number of nitro benzene ring substituents is 1. The number of hydrogen-bond acceptors (Lipinski definition) is 5. The van der Waals surface area contributed by atoms with Crippen molar-refractivity contribution in [2.24, 2.45) is 5.10 Å². The van der Waals surface area contributed by atoms with Crippen LogP contribution in [0.5, 0.6) is 5.75 Å². The summed E-state index contributed by atoms with van der Waals surface area (Å²) < 4.78 is 5.39. The summed E-state index contributed by atoms with van der Waals surface area (Å²) in [5.74, 6) is 0.0129. The lowest BCUT2D eigenvalue weighted by Gasteiger charge is -2.06. The highest BCUT2D eigenvalue weighted by atomic mass is 35.5. The van der Waals surface area contributed by atoms with Crippen LogP contribution in [-0.2, 0) is 0 Å². The van der Waals surface area contributed by atoms with E-state index in [-0.39, 0.29) is 5.69 Å². The molecule has 0 spiro atoms. The molecule has 1 amide bonds. The fraction of sp³-hybridized carbons (Fsp3) is 0.125. The van der Waals surface area contributed by atoms with Gasteiger partial charge in [-0.2, -0.15) is 5.10 Å². The third-order valence-electron chi connectivity index (χ3n) is 2.98. The molecule has 0 radical (unpaired) electrons. The molecule has 0 bridgehead atoms. The molecule has 124 valence electrons. The Morgan fingerprint density at radius 3 is 2.67 bits per heavy atom. The van der Waals surface area contributed by atoms with Gasteiger partial charge in [-0.05, 0) is 37.3 Å². The largest absolute Gasteiger partial charge is 0.493 e. The number of nitro groups is 1. The average molecular weight is 348 g/mol. The zero-order valence-electron chi connectivity index (χ0n) is 12.7. The zero-order valence-corrected chi connectivity index (χ0v) is 13.5. The van der Waals surface area contributed by atoms with Gasteiger partial charge in [0.05, 0.1) is 17.7 Å². The SMILES string of the molecule is CCOc1ccc([N+](=O)[O-])cc1/C=N\NC(=O)c1ccc(Cl)cc1. The number of non-ortho nitro benzene ring substituents is 1. The number of halogens is 1. The predicted octanol–water partition coefficient (Wildman–Crippen LogP) is 3.41. The van der Waals surface area contributed by atoms with E-state index in [9.17, 15) is 14.9 Å². The maximum absolute atomic E-state index is 11.9. The van der Waals surface area contributed by atoms with Crippen molar-refractivity contribution in [1.82, 2.24) is 5.43 Å². The second-order valence-electron chi connectivity index (χ2n) is 4.62. The molecule has 0 aliphatic heterocycles. The van der Waals surface area contributed by atoms with Crippen molar-refractivity contribution >= 4 is 29.4 Å². The monoisotopic (exact) mass is 347 g/mol. The van der Waals surface area contributed by atoms with E-state index in [1.54, 1.807) is 31.2 Å². The molecule has 24 heavy (non-hydrogen) atoms. The van der Waals surface area contributed by atoms with E-state index >= 15 is 0 Å². The zero-order chi connectivity index (χ0) is 17.5. The van der Waals surface area contributed by atoms with Crippen LogP contribution in [0.4, 0.5) is 5.69 Å². The highest BCUT2D eigenvalue weighted by Gasteiger charge is 2.10. The van der Waals surface area contributed by atoms with E-state index < -0.39 is 10.8 Å². The topological polar surface area (TPSA) is 93.8 Å². The van der Waals surface area contributed by atoms with Crippen LogP contribution in [0.25, 0.3) is 0 Å². The Kier molecular flexibility index (Phi) is 5.86. The molecule has 0 saturated heterocycles. The van der Waals surface area contributed by atoms with E-state index in [2.05, 4.69) is 10.5 Å². The number of benzene rings is 2. The summed E-state index contributed by atoms with van der Waals surface area (Å²) in [5, 5.41) is 15.2. The molecule has 2 rings (SSSR count). The molecular formula is C16H14ClN3O4. The number of nitrogens with zero attached hydrogens (tertiary/aromatic N) is 2. The van der Waals surface area contributed by atoms with E-state index in [4.69, 9.17) is 16.3 Å². The summed E-state index contributed by atoms with van der Waals surface area (Å²) in [6, 6.07) is 10.5. The van der Waals surface area contributed by atoms with Crippen molar-refractivity contribution in [2.45, 2.75) is 6.92 Å². The van der Waals surface area contributed by atoms with E-state index in [0.717, 1.165) is 0 Å². The molecule has 0 atom stereocenters. The van der Waals surface area contributed by atoms with Crippen molar-refractivity contribution < 1.29 is 14.5 Å². The normalized spacial score (nSPS) is 10.6. The van der Waals surface area contributed by atoms with Crippen LogP contribution < -0.4 is 10.2 Å². The summed E-state index contributed by atoms with van der Waals surface area (Å²) in [6.07, 6.45) is 1.30. The Bertz CT molecular complexity index is 775. The number of carbonyl (C=O) groups is 1. The molecule has 8 heteroatoms. The number of hydrazone groups is 1. The van der Waals surface area contributed by atoms with Gasteiger partial charge < -0.3 is 4.74 Å². The van der Waals surface area contributed by atoms with Gasteiger partial charge in [0.25, 0.3) is 11.6 Å². The summed E-state index contributed by atoms with van der Waals surface area (Å²) in [4.78, 5) is 22.3. The fourth-order valence-electron chi connectivity index (χ4n) is 1.86. The lowest BCUT2D eigenvalue weighted by atomic mass is 10.2. The number of ether oxygens (including phenoxy) is 1. The number of carbonyl (C=O) groups excluding carboxylic acids is 1. The molecule has 0 aliphatic rings. The highest BCUT2D eigenvalue weighted by molar-refractivity contribution is 6.30. The Balaban J connectivity index is 2.14. The fourth-order valence-corrected chi connectivity index (χ4v) is 1.99. The molecule has 0 heterocycles. The molecule has 0 fully saturated rings. The maximum atomic E-state index is 11.9. The van der Waals surface area contributed by atoms with Gasteiger partial charge in [-0.15, -0.1) is 0 Å². The first-order chi connectivity index (χ1) is 11.5. The smallest absolute Gasteiger partial charge is 0.271 e. The van der Waals surface area contributed by atoms with Crippen molar-refractivity contribution in [3.8, 4) is 5.75 Å². The van der Waals surface area contributed by atoms with E-state index in [0.29, 0.717) is 28.5 Å². The predicted molar refractivity (Wildman–Crippen MR) is 90.8 cm³/mol. The summed E-state index contributed by atoms with van der Waals surface area (Å²) in [6.45, 7) is 2.19. The van der Waals surface area contributed by atoms with E-state index in [1.807, 2.05) is 0 Å². The second-order valence-corrected chi connectivity index (χ2v) is 5.05. The van der Waals surface area contributed by atoms with Gasteiger partial charge in [-0.1, -0.05) is 11.6 Å². The first kappa shape index (κ1) is 17.4. The Morgan fingerprint density at radius 1 is 1.33 bits per heavy atom. The van der Waals surface area contributed by atoms with Crippen molar-refractivity contribution in [2.75, 3.05) is 6.61 Å². The quantitative estimate of drug-likeness (QED) is 0.492. The first-order valence-corrected chi connectivity index (χ1v) is 7.39. The van der Waals surface area contributed by atoms with Gasteiger partial charge in [0, 0.05) is 28.3 Å². The minimum Gasteiger partial charge on any atom is -0.493 e. The lowest BCUT2D eigenvalue weighted by molar-refractivity contribution is -0.384. The van der Waals surface area contributed by atoms with Crippen LogP contribution in [0.2, 0.25) is 5.02 Å². The molecule has 0 saturated carbocycles.